The molecule has 2 heterocycles. The Bertz CT molecular complexity index is 344. The number of hydrogen-bond acceptors (Lipinski definition) is 3. The van der Waals surface area contributed by atoms with Crippen LogP contribution in [0.2, 0.25) is 0 Å². The van der Waals surface area contributed by atoms with Crippen LogP contribution in [-0.4, -0.2) is 25.0 Å². The highest BCUT2D eigenvalue weighted by atomic mass is 35.5. The lowest BCUT2D eigenvalue weighted by Gasteiger charge is -2.05. The SMILES string of the molecule is Cl.O=C(NC1[C@H]2CNC[C@@H]12)c1ccsc1. The van der Waals surface area contributed by atoms with Crippen molar-refractivity contribution < 1.29 is 4.79 Å². The third-order valence-electron chi connectivity index (χ3n) is 3.17. The molecule has 5 heteroatoms. The summed E-state index contributed by atoms with van der Waals surface area (Å²) in [5.74, 6) is 1.47. The molecular weight excluding hydrogens is 232 g/mol. The fourth-order valence-corrected chi connectivity index (χ4v) is 2.90. The minimum Gasteiger partial charge on any atom is -0.349 e. The number of nitrogens with one attached hydrogen (secondary N) is 2. The fourth-order valence-electron chi connectivity index (χ4n) is 2.26. The Balaban J connectivity index is 0.000000853. The molecule has 15 heavy (non-hydrogen) atoms. The predicted molar refractivity (Wildman–Crippen MR) is 62.7 cm³/mol. The fraction of sp³-hybridized carbons (Fsp3) is 0.500. The molecule has 1 saturated heterocycles. The molecule has 1 amide bonds. The summed E-state index contributed by atoms with van der Waals surface area (Å²) in [6.45, 7) is 2.14. The van der Waals surface area contributed by atoms with Gasteiger partial charge in [-0.1, -0.05) is 0 Å². The van der Waals surface area contributed by atoms with E-state index < -0.39 is 0 Å². The molecule has 1 aliphatic heterocycles. The van der Waals surface area contributed by atoms with Crippen molar-refractivity contribution in [2.75, 3.05) is 13.1 Å². The Labute approximate surface area is 98.7 Å². The molecule has 0 aromatic carbocycles. The topological polar surface area (TPSA) is 41.1 Å². The molecule has 0 radical (unpaired) electrons. The maximum absolute atomic E-state index is 11.7. The Morgan fingerprint density at radius 2 is 2.20 bits per heavy atom. The van der Waals surface area contributed by atoms with Crippen LogP contribution in [0.25, 0.3) is 0 Å². The van der Waals surface area contributed by atoms with Crippen molar-refractivity contribution >= 4 is 29.7 Å². The first-order chi connectivity index (χ1) is 6.86. The molecule has 0 bridgehead atoms. The number of fused-ring (bicyclic) bond motifs is 1. The second kappa shape index (κ2) is 4.12. The van der Waals surface area contributed by atoms with E-state index in [2.05, 4.69) is 10.6 Å². The number of hydrogen-bond donors (Lipinski definition) is 2. The van der Waals surface area contributed by atoms with Crippen LogP contribution < -0.4 is 10.6 Å². The number of carbonyl (C=O) groups is 1. The second-order valence-electron chi connectivity index (χ2n) is 4.00. The van der Waals surface area contributed by atoms with Gasteiger partial charge in [-0.25, -0.2) is 0 Å². The van der Waals surface area contributed by atoms with Gasteiger partial charge in [0, 0.05) is 30.1 Å². The van der Waals surface area contributed by atoms with Crippen molar-refractivity contribution in [1.82, 2.24) is 10.6 Å². The van der Waals surface area contributed by atoms with Gasteiger partial charge < -0.3 is 10.6 Å². The number of carbonyl (C=O) groups excluding carboxylic acids is 1. The van der Waals surface area contributed by atoms with Crippen molar-refractivity contribution in [1.29, 1.82) is 0 Å². The first-order valence-corrected chi connectivity index (χ1v) is 5.84. The van der Waals surface area contributed by atoms with Crippen molar-refractivity contribution in [3.63, 3.8) is 0 Å². The van der Waals surface area contributed by atoms with Gasteiger partial charge in [0.15, 0.2) is 0 Å². The molecule has 2 N–H and O–H groups in total. The van der Waals surface area contributed by atoms with Gasteiger partial charge in [0.2, 0.25) is 0 Å². The van der Waals surface area contributed by atoms with E-state index in [9.17, 15) is 4.79 Å². The first-order valence-electron chi connectivity index (χ1n) is 4.90. The van der Waals surface area contributed by atoms with Gasteiger partial charge in [0.25, 0.3) is 5.91 Å². The molecule has 3 atom stereocenters. The summed E-state index contributed by atoms with van der Waals surface area (Å²) >= 11 is 1.56. The molecule has 0 spiro atoms. The van der Waals surface area contributed by atoms with Crippen LogP contribution >= 0.6 is 23.7 Å². The molecule has 2 aliphatic rings. The lowest BCUT2D eigenvalue weighted by molar-refractivity contribution is 0.0947. The van der Waals surface area contributed by atoms with E-state index in [0.717, 1.165) is 18.7 Å². The molecular formula is C10H13ClN2OS. The van der Waals surface area contributed by atoms with Gasteiger partial charge in [-0.2, -0.15) is 11.3 Å². The van der Waals surface area contributed by atoms with Crippen LogP contribution in [-0.2, 0) is 0 Å². The number of rotatable bonds is 2. The molecule has 3 nitrogen and oxygen atoms in total. The highest BCUT2D eigenvalue weighted by Gasteiger charge is 2.53. The van der Waals surface area contributed by atoms with E-state index in [1.54, 1.807) is 11.3 Å². The second-order valence-corrected chi connectivity index (χ2v) is 4.78. The summed E-state index contributed by atoms with van der Waals surface area (Å²) in [5.41, 5.74) is 0.799. The summed E-state index contributed by atoms with van der Waals surface area (Å²) < 4.78 is 0. The molecule has 1 saturated carbocycles. The molecule has 2 fully saturated rings. The van der Waals surface area contributed by atoms with Crippen LogP contribution in [0.3, 0.4) is 0 Å². The smallest absolute Gasteiger partial charge is 0.252 e. The normalized spacial score (nSPS) is 31.6. The number of piperidine rings is 1. The Morgan fingerprint density at radius 1 is 1.47 bits per heavy atom. The van der Waals surface area contributed by atoms with Crippen LogP contribution in [0.1, 0.15) is 10.4 Å². The quantitative estimate of drug-likeness (QED) is 0.819. The summed E-state index contributed by atoms with van der Waals surface area (Å²) in [5, 5.41) is 10.2. The van der Waals surface area contributed by atoms with E-state index in [4.69, 9.17) is 0 Å². The Kier molecular flexibility index (Phi) is 3.00. The average molecular weight is 245 g/mol. The van der Waals surface area contributed by atoms with Crippen LogP contribution in [0, 0.1) is 11.8 Å². The van der Waals surface area contributed by atoms with Gasteiger partial charge >= 0.3 is 0 Å². The molecule has 1 aliphatic carbocycles. The van der Waals surface area contributed by atoms with Gasteiger partial charge in [0.1, 0.15) is 0 Å². The minimum absolute atomic E-state index is 0. The van der Waals surface area contributed by atoms with E-state index in [1.165, 1.54) is 0 Å². The summed E-state index contributed by atoms with van der Waals surface area (Å²) in [4.78, 5) is 11.7. The molecule has 1 aromatic rings. The zero-order valence-electron chi connectivity index (χ0n) is 8.10. The van der Waals surface area contributed by atoms with Gasteiger partial charge in [-0.15, -0.1) is 12.4 Å². The summed E-state index contributed by atoms with van der Waals surface area (Å²) in [6.07, 6.45) is 0. The zero-order chi connectivity index (χ0) is 9.54. The summed E-state index contributed by atoms with van der Waals surface area (Å²) in [7, 11) is 0. The largest absolute Gasteiger partial charge is 0.349 e. The third-order valence-corrected chi connectivity index (χ3v) is 3.86. The molecule has 1 aromatic heterocycles. The van der Waals surface area contributed by atoms with Gasteiger partial charge in [-0.05, 0) is 23.3 Å². The Morgan fingerprint density at radius 3 is 2.80 bits per heavy atom. The summed E-state index contributed by atoms with van der Waals surface area (Å²) in [6, 6.07) is 2.31. The average Bonchev–Trinajstić information content (AvgIpc) is 2.75. The highest BCUT2D eigenvalue weighted by Crippen LogP contribution is 2.41. The van der Waals surface area contributed by atoms with Crippen molar-refractivity contribution in [2.45, 2.75) is 6.04 Å². The zero-order valence-corrected chi connectivity index (χ0v) is 9.74. The lowest BCUT2D eigenvalue weighted by Crippen LogP contribution is -2.32. The van der Waals surface area contributed by atoms with Gasteiger partial charge in [-0.3, -0.25) is 4.79 Å². The van der Waals surface area contributed by atoms with E-state index >= 15 is 0 Å². The Hall–Kier alpha value is -0.580. The van der Waals surface area contributed by atoms with Gasteiger partial charge in [0.05, 0.1) is 0 Å². The highest BCUT2D eigenvalue weighted by molar-refractivity contribution is 7.08. The van der Waals surface area contributed by atoms with E-state index in [1.807, 2.05) is 16.8 Å². The van der Waals surface area contributed by atoms with Crippen molar-refractivity contribution in [3.05, 3.63) is 22.4 Å². The van der Waals surface area contributed by atoms with Crippen LogP contribution in [0.4, 0.5) is 0 Å². The minimum atomic E-state index is 0. The van der Waals surface area contributed by atoms with Crippen molar-refractivity contribution in [2.24, 2.45) is 11.8 Å². The first kappa shape index (κ1) is 10.9. The number of halogens is 1. The number of thiophene rings is 1. The number of amides is 1. The third kappa shape index (κ3) is 1.89. The van der Waals surface area contributed by atoms with E-state index in [0.29, 0.717) is 17.9 Å². The molecule has 3 rings (SSSR count). The predicted octanol–water partition coefficient (Wildman–Crippen LogP) is 1.12. The van der Waals surface area contributed by atoms with E-state index in [-0.39, 0.29) is 18.3 Å². The van der Waals surface area contributed by atoms with Crippen LogP contribution in [0.5, 0.6) is 0 Å². The lowest BCUT2D eigenvalue weighted by atomic mass is 10.3. The maximum Gasteiger partial charge on any atom is 0.252 e. The standard InChI is InChI=1S/C10H12N2OS.ClH/c13-10(6-1-2-14-5-6)12-9-7-3-11-4-8(7)9;/h1-2,5,7-9,11H,3-4H2,(H,12,13);1H/t7-,8+,9?;. The molecule has 1 unspecified atom stereocenters. The monoisotopic (exact) mass is 244 g/mol. The maximum atomic E-state index is 11.7. The van der Waals surface area contributed by atoms with Crippen molar-refractivity contribution in [3.8, 4) is 0 Å². The van der Waals surface area contributed by atoms with Crippen LogP contribution in [0.15, 0.2) is 16.8 Å². The molecule has 82 valence electrons.